The first kappa shape index (κ1) is 12.1. The Hall–Kier alpha value is 0.0774. The van der Waals surface area contributed by atoms with Crippen molar-refractivity contribution in [3.63, 3.8) is 0 Å². The summed E-state index contributed by atoms with van der Waals surface area (Å²) in [5.74, 6) is 0.767. The first-order valence-electron chi connectivity index (χ1n) is 5.67. The molecule has 0 aromatic heterocycles. The average molecular weight is 184 g/mol. The molecule has 0 aliphatic heterocycles. The Labute approximate surface area is 98.1 Å². The molecule has 0 radical (unpaired) electrons. The molecule has 1 aliphatic carbocycles. The summed E-state index contributed by atoms with van der Waals surface area (Å²) in [6, 6.07) is 0. The Bertz CT molecular complexity index is 281. The standard InChI is InChI=1S/C13H21.Li/c1-8(2)7-13-11(5)9(3)10(4)12(13)6;/h8H,7H2,1-6H3;. The topological polar surface area (TPSA) is 0 Å². The van der Waals surface area contributed by atoms with Gasteiger partial charge in [-0.25, -0.2) is 0 Å². The summed E-state index contributed by atoms with van der Waals surface area (Å²) in [5.41, 5.74) is 6.21. The summed E-state index contributed by atoms with van der Waals surface area (Å²) in [4.78, 5) is 0. The van der Waals surface area contributed by atoms with Gasteiger partial charge in [0.1, 0.15) is 0 Å². The first-order valence-corrected chi connectivity index (χ1v) is 5.67. The van der Waals surface area contributed by atoms with Crippen molar-refractivity contribution in [1.29, 1.82) is 0 Å². The van der Waals surface area contributed by atoms with Crippen LogP contribution in [-0.2, 0) is 0 Å². The maximum atomic E-state index is 2.40. The van der Waals surface area contributed by atoms with E-state index in [-0.39, 0.29) is 0 Å². The van der Waals surface area contributed by atoms with Gasteiger partial charge in [-0.15, -0.1) is 0 Å². The Morgan fingerprint density at radius 1 is 1.00 bits per heavy atom. The normalized spacial score (nSPS) is 21.5. The minimum absolute atomic E-state index is 0.336. The maximum absolute atomic E-state index is 2.40. The molecule has 1 rings (SSSR count). The third-order valence-corrected chi connectivity index (χ3v) is 4.16. The van der Waals surface area contributed by atoms with E-state index in [9.17, 15) is 0 Å². The van der Waals surface area contributed by atoms with Gasteiger partial charge in [-0.05, 0) is 0 Å². The van der Waals surface area contributed by atoms with E-state index in [0.29, 0.717) is 4.09 Å². The zero-order valence-electron chi connectivity index (χ0n) is 10.8. The molecule has 0 saturated heterocycles. The molecule has 1 aliphatic rings. The van der Waals surface area contributed by atoms with Crippen molar-refractivity contribution in [1.82, 2.24) is 0 Å². The molecule has 0 amide bonds. The number of hydrogen-bond acceptors (Lipinski definition) is 0. The summed E-state index contributed by atoms with van der Waals surface area (Å²) in [5, 5.41) is 0. The summed E-state index contributed by atoms with van der Waals surface area (Å²) in [6.45, 7) is 13.8. The van der Waals surface area contributed by atoms with E-state index in [1.54, 1.807) is 11.1 Å². The molecule has 0 atom stereocenters. The molecular formula is C13H21Li. The summed E-state index contributed by atoms with van der Waals surface area (Å²) < 4.78 is 0.336. The SMILES string of the molecule is [Li][C]1(CC(C)C)C(C)=C(C)C(C)=C1C. The van der Waals surface area contributed by atoms with Crippen LogP contribution in [0.25, 0.3) is 0 Å². The molecular weight excluding hydrogens is 163 g/mol. The van der Waals surface area contributed by atoms with Crippen LogP contribution in [0.15, 0.2) is 22.3 Å². The van der Waals surface area contributed by atoms with Crippen LogP contribution in [0.3, 0.4) is 0 Å². The number of allylic oxidation sites excluding steroid dienone is 4. The van der Waals surface area contributed by atoms with Crippen molar-refractivity contribution in [2.75, 3.05) is 0 Å². The van der Waals surface area contributed by atoms with E-state index in [1.807, 2.05) is 0 Å². The van der Waals surface area contributed by atoms with Crippen molar-refractivity contribution in [3.8, 4) is 0 Å². The van der Waals surface area contributed by atoms with Gasteiger partial charge in [0.2, 0.25) is 0 Å². The van der Waals surface area contributed by atoms with Crippen molar-refractivity contribution < 1.29 is 0 Å². The van der Waals surface area contributed by atoms with Crippen LogP contribution in [0.5, 0.6) is 0 Å². The van der Waals surface area contributed by atoms with E-state index in [2.05, 4.69) is 59.3 Å². The fraction of sp³-hybridized carbons (Fsp3) is 0.692. The molecule has 0 bridgehead atoms. The van der Waals surface area contributed by atoms with Gasteiger partial charge in [0.15, 0.2) is 0 Å². The average Bonchev–Trinajstić information content (AvgIpc) is 2.21. The molecule has 0 spiro atoms. The van der Waals surface area contributed by atoms with Crippen molar-refractivity contribution in [3.05, 3.63) is 22.3 Å². The molecule has 0 N–H and O–H groups in total. The molecule has 0 heterocycles. The van der Waals surface area contributed by atoms with Crippen LogP contribution in [0.4, 0.5) is 0 Å². The Morgan fingerprint density at radius 3 is 1.64 bits per heavy atom. The fourth-order valence-electron chi connectivity index (χ4n) is 2.79. The van der Waals surface area contributed by atoms with Gasteiger partial charge < -0.3 is 0 Å². The minimum atomic E-state index is 0.336. The van der Waals surface area contributed by atoms with Gasteiger partial charge >= 0.3 is 98.0 Å². The summed E-state index contributed by atoms with van der Waals surface area (Å²) in [7, 11) is 0. The Balaban J connectivity index is 3.12. The van der Waals surface area contributed by atoms with Crippen molar-refractivity contribution in [2.45, 2.75) is 52.1 Å². The second kappa shape index (κ2) is 3.91. The first-order chi connectivity index (χ1) is 6.30. The Kier molecular flexibility index (Phi) is 3.40. The second-order valence-electron chi connectivity index (χ2n) is 5.43. The number of rotatable bonds is 2. The van der Waals surface area contributed by atoms with Gasteiger partial charge in [0.25, 0.3) is 0 Å². The van der Waals surface area contributed by atoms with Crippen molar-refractivity contribution in [2.24, 2.45) is 5.92 Å². The van der Waals surface area contributed by atoms with Crippen LogP contribution in [0.1, 0.15) is 48.0 Å². The monoisotopic (exact) mass is 184 g/mol. The van der Waals surface area contributed by atoms with Crippen LogP contribution in [-0.4, -0.2) is 17.7 Å². The van der Waals surface area contributed by atoms with E-state index in [0.717, 1.165) is 5.92 Å². The van der Waals surface area contributed by atoms with Gasteiger partial charge in [0, 0.05) is 0 Å². The fourth-order valence-corrected chi connectivity index (χ4v) is 2.79. The molecule has 14 heavy (non-hydrogen) atoms. The molecule has 74 valence electrons. The molecule has 0 fully saturated rings. The van der Waals surface area contributed by atoms with Gasteiger partial charge in [-0.2, -0.15) is 0 Å². The van der Waals surface area contributed by atoms with Crippen molar-refractivity contribution >= 4 is 17.7 Å². The molecule has 1 heteroatoms. The third-order valence-electron chi connectivity index (χ3n) is 4.16. The van der Waals surface area contributed by atoms with E-state index < -0.39 is 0 Å². The van der Waals surface area contributed by atoms with E-state index in [4.69, 9.17) is 0 Å². The quantitative estimate of drug-likeness (QED) is 0.568. The Morgan fingerprint density at radius 2 is 1.36 bits per heavy atom. The number of hydrogen-bond donors (Lipinski definition) is 0. The zero-order chi connectivity index (χ0) is 11.1. The van der Waals surface area contributed by atoms with Gasteiger partial charge in [0.05, 0.1) is 0 Å². The van der Waals surface area contributed by atoms with Crippen LogP contribution >= 0.6 is 0 Å². The molecule has 0 aromatic rings. The summed E-state index contributed by atoms with van der Waals surface area (Å²) >= 11 is 2.40. The predicted molar refractivity (Wildman–Crippen MR) is 64.7 cm³/mol. The second-order valence-corrected chi connectivity index (χ2v) is 5.43. The van der Waals surface area contributed by atoms with Crippen LogP contribution in [0.2, 0.25) is 4.09 Å². The van der Waals surface area contributed by atoms with E-state index in [1.165, 1.54) is 17.6 Å². The zero-order valence-corrected chi connectivity index (χ0v) is 10.8. The van der Waals surface area contributed by atoms with Crippen LogP contribution in [0, 0.1) is 5.92 Å². The molecule has 0 saturated carbocycles. The molecule has 0 nitrogen and oxygen atoms in total. The third kappa shape index (κ3) is 1.75. The van der Waals surface area contributed by atoms with Crippen LogP contribution < -0.4 is 0 Å². The summed E-state index contributed by atoms with van der Waals surface area (Å²) in [6.07, 6.45) is 1.28. The van der Waals surface area contributed by atoms with E-state index >= 15 is 0 Å². The molecule has 0 aromatic carbocycles. The van der Waals surface area contributed by atoms with Gasteiger partial charge in [-0.1, -0.05) is 0 Å². The molecule has 0 unspecified atom stereocenters. The van der Waals surface area contributed by atoms with Gasteiger partial charge in [-0.3, -0.25) is 0 Å². The predicted octanol–water partition coefficient (Wildman–Crippen LogP) is 4.05.